The molecule has 6 nitrogen and oxygen atoms in total. The molecule has 0 radical (unpaired) electrons. The van der Waals surface area contributed by atoms with E-state index < -0.39 is 6.04 Å². The smallest absolute Gasteiger partial charge is 0.245 e. The Morgan fingerprint density at radius 2 is 2.14 bits per heavy atom. The van der Waals surface area contributed by atoms with Crippen LogP contribution in [0.1, 0.15) is 5.56 Å². The van der Waals surface area contributed by atoms with Crippen LogP contribution in [0.15, 0.2) is 34.7 Å². The van der Waals surface area contributed by atoms with Crippen molar-refractivity contribution in [2.24, 2.45) is 5.73 Å². The first kappa shape index (κ1) is 18.9. The molecule has 0 saturated heterocycles. The number of thioether (sulfide) groups is 1. The molecule has 1 amide bonds. The maximum absolute atomic E-state index is 11.7. The van der Waals surface area contributed by atoms with Crippen molar-refractivity contribution < 1.29 is 9.53 Å². The van der Waals surface area contributed by atoms with Gasteiger partial charge in [-0.25, -0.2) is 0 Å². The number of carbonyl (C=O) groups is 1. The monoisotopic (exact) mass is 360 g/mol. The first-order chi connectivity index (χ1) is 10.2. The highest BCUT2D eigenvalue weighted by atomic mass is 35.5. The molecule has 1 atom stereocenters. The molecule has 1 aromatic carbocycles. The van der Waals surface area contributed by atoms with Crippen LogP contribution in [0, 0.1) is 0 Å². The number of amides is 1. The summed E-state index contributed by atoms with van der Waals surface area (Å²) in [4.78, 5) is 11.7. The molecule has 9 heteroatoms. The van der Waals surface area contributed by atoms with Gasteiger partial charge in [0.2, 0.25) is 11.0 Å². The van der Waals surface area contributed by atoms with E-state index in [1.165, 1.54) is 24.0 Å². The average Bonchev–Trinajstić information content (AvgIpc) is 2.94. The summed E-state index contributed by atoms with van der Waals surface area (Å²) < 4.78 is 5.63. The third kappa shape index (κ3) is 5.90. The predicted molar refractivity (Wildman–Crippen MR) is 91.6 cm³/mol. The van der Waals surface area contributed by atoms with Gasteiger partial charge in [0.25, 0.3) is 0 Å². The van der Waals surface area contributed by atoms with Crippen LogP contribution in [0.4, 0.5) is 5.13 Å². The molecule has 0 aliphatic carbocycles. The van der Waals surface area contributed by atoms with E-state index in [1.807, 2.05) is 18.2 Å². The third-order valence-electron chi connectivity index (χ3n) is 2.52. The lowest BCUT2D eigenvalue weighted by Gasteiger charge is -2.08. The summed E-state index contributed by atoms with van der Waals surface area (Å²) in [5, 5.41) is 11.0. The minimum absolute atomic E-state index is 0. The normalized spacial score (nSPS) is 11.5. The maximum Gasteiger partial charge on any atom is 0.245 e. The number of nitrogens with one attached hydrogen (secondary N) is 1. The lowest BCUT2D eigenvalue weighted by molar-refractivity contribution is -0.118. The van der Waals surface area contributed by atoms with Gasteiger partial charge >= 0.3 is 0 Å². The highest BCUT2D eigenvalue weighted by Crippen LogP contribution is 2.28. The molecule has 0 fully saturated rings. The van der Waals surface area contributed by atoms with E-state index in [0.29, 0.717) is 5.13 Å². The van der Waals surface area contributed by atoms with Crippen molar-refractivity contribution in [3.8, 4) is 0 Å². The van der Waals surface area contributed by atoms with Gasteiger partial charge < -0.3 is 10.5 Å². The first-order valence-corrected chi connectivity index (χ1v) is 8.05. The van der Waals surface area contributed by atoms with Crippen LogP contribution in [0.5, 0.6) is 0 Å². The molecule has 2 aromatic rings. The number of nitrogens with two attached hydrogens (primary N) is 1. The zero-order valence-electron chi connectivity index (χ0n) is 11.9. The minimum Gasteiger partial charge on any atom is -0.383 e. The lowest BCUT2D eigenvalue weighted by atomic mass is 10.2. The highest BCUT2D eigenvalue weighted by molar-refractivity contribution is 8.00. The second-order valence-electron chi connectivity index (χ2n) is 4.20. The summed E-state index contributed by atoms with van der Waals surface area (Å²) in [5.74, 6) is 0.486. The van der Waals surface area contributed by atoms with Gasteiger partial charge in [-0.1, -0.05) is 53.4 Å². The molecule has 0 saturated carbocycles. The number of benzene rings is 1. The number of rotatable bonds is 7. The Labute approximate surface area is 143 Å². The topological polar surface area (TPSA) is 90.1 Å². The molecular formula is C13H17ClN4O2S2. The predicted octanol–water partition coefficient (Wildman–Crippen LogP) is 2.16. The maximum atomic E-state index is 11.7. The van der Waals surface area contributed by atoms with E-state index in [4.69, 9.17) is 10.5 Å². The van der Waals surface area contributed by atoms with Gasteiger partial charge in [0.15, 0.2) is 4.34 Å². The van der Waals surface area contributed by atoms with Gasteiger partial charge in [0.1, 0.15) is 6.04 Å². The van der Waals surface area contributed by atoms with Crippen molar-refractivity contribution >= 4 is 46.5 Å². The number of halogens is 1. The van der Waals surface area contributed by atoms with Crippen LogP contribution < -0.4 is 11.1 Å². The molecular weight excluding hydrogens is 344 g/mol. The summed E-state index contributed by atoms with van der Waals surface area (Å²) in [6.45, 7) is 0.167. The summed E-state index contributed by atoms with van der Waals surface area (Å²) in [6.07, 6.45) is 0. The third-order valence-corrected chi connectivity index (χ3v) is 4.57. The van der Waals surface area contributed by atoms with Crippen LogP contribution in [0.2, 0.25) is 0 Å². The van der Waals surface area contributed by atoms with Crippen LogP contribution in [0.3, 0.4) is 0 Å². The van der Waals surface area contributed by atoms with Crippen molar-refractivity contribution in [2.45, 2.75) is 16.1 Å². The summed E-state index contributed by atoms with van der Waals surface area (Å²) in [5.41, 5.74) is 6.84. The van der Waals surface area contributed by atoms with Crippen molar-refractivity contribution in [1.29, 1.82) is 0 Å². The molecule has 1 aromatic heterocycles. The number of nitrogens with zero attached hydrogens (tertiary/aromatic N) is 2. The van der Waals surface area contributed by atoms with Crippen LogP contribution >= 0.6 is 35.5 Å². The molecule has 120 valence electrons. The Morgan fingerprint density at radius 3 is 2.82 bits per heavy atom. The number of hydrogen-bond donors (Lipinski definition) is 2. The Balaban J connectivity index is 0.00000242. The van der Waals surface area contributed by atoms with E-state index in [-0.39, 0.29) is 24.9 Å². The van der Waals surface area contributed by atoms with Gasteiger partial charge in [-0.05, 0) is 5.56 Å². The standard InChI is InChI=1S/C13H16N4O2S2.ClH/c1-19-7-10(14)11(18)15-12-16-17-13(21-12)20-8-9-5-3-2-4-6-9;/h2-6,10H,7-8,14H2,1H3,(H,15,16,18);1H. The number of carbonyl (C=O) groups excluding carboxylic acids is 1. The summed E-state index contributed by atoms with van der Waals surface area (Å²) >= 11 is 2.91. The van der Waals surface area contributed by atoms with Crippen molar-refractivity contribution in [3.05, 3.63) is 35.9 Å². The van der Waals surface area contributed by atoms with Crippen molar-refractivity contribution in [1.82, 2.24) is 10.2 Å². The largest absolute Gasteiger partial charge is 0.383 e. The second kappa shape index (κ2) is 9.75. The van der Waals surface area contributed by atoms with E-state index in [9.17, 15) is 4.79 Å². The molecule has 0 bridgehead atoms. The lowest BCUT2D eigenvalue weighted by Crippen LogP contribution is -2.39. The second-order valence-corrected chi connectivity index (χ2v) is 6.40. The van der Waals surface area contributed by atoms with E-state index in [2.05, 4.69) is 27.6 Å². The number of aromatic nitrogens is 2. The van der Waals surface area contributed by atoms with E-state index >= 15 is 0 Å². The fourth-order valence-electron chi connectivity index (χ4n) is 1.49. The van der Waals surface area contributed by atoms with Crippen LogP contribution in [-0.2, 0) is 15.3 Å². The Kier molecular flexibility index (Phi) is 8.36. The number of methoxy groups -OCH3 is 1. The van der Waals surface area contributed by atoms with Crippen LogP contribution in [-0.4, -0.2) is 35.9 Å². The Bertz CT molecular complexity index is 582. The molecule has 1 heterocycles. The van der Waals surface area contributed by atoms with Crippen LogP contribution in [0.25, 0.3) is 0 Å². The molecule has 0 aliphatic heterocycles. The highest BCUT2D eigenvalue weighted by Gasteiger charge is 2.15. The number of hydrogen-bond acceptors (Lipinski definition) is 7. The van der Waals surface area contributed by atoms with Gasteiger partial charge in [0.05, 0.1) is 6.61 Å². The molecule has 22 heavy (non-hydrogen) atoms. The Hall–Kier alpha value is -1.19. The molecule has 2 rings (SSSR count). The van der Waals surface area contributed by atoms with Gasteiger partial charge in [0, 0.05) is 12.9 Å². The van der Waals surface area contributed by atoms with Gasteiger partial charge in [-0.3, -0.25) is 10.1 Å². The van der Waals surface area contributed by atoms with Crippen molar-refractivity contribution in [2.75, 3.05) is 19.0 Å². The summed E-state index contributed by atoms with van der Waals surface area (Å²) in [6, 6.07) is 9.38. The fraction of sp³-hybridized carbons (Fsp3) is 0.308. The molecule has 1 unspecified atom stereocenters. The number of ether oxygens (including phenoxy) is 1. The summed E-state index contributed by atoms with van der Waals surface area (Å²) in [7, 11) is 1.50. The van der Waals surface area contributed by atoms with E-state index in [1.54, 1.807) is 11.8 Å². The average molecular weight is 361 g/mol. The quantitative estimate of drug-likeness (QED) is 0.581. The first-order valence-electron chi connectivity index (χ1n) is 6.24. The Morgan fingerprint density at radius 1 is 1.41 bits per heavy atom. The molecule has 0 aliphatic rings. The molecule has 0 spiro atoms. The SMILES string of the molecule is COCC(N)C(=O)Nc1nnc(SCc2ccccc2)s1.Cl. The van der Waals surface area contributed by atoms with Gasteiger partial charge in [-0.2, -0.15) is 0 Å². The van der Waals surface area contributed by atoms with Crippen molar-refractivity contribution in [3.63, 3.8) is 0 Å². The van der Waals surface area contributed by atoms with E-state index in [0.717, 1.165) is 10.1 Å². The van der Waals surface area contributed by atoms with Gasteiger partial charge in [-0.15, -0.1) is 22.6 Å². The number of anilines is 1. The minimum atomic E-state index is -0.709. The zero-order chi connectivity index (χ0) is 15.1. The fourth-order valence-corrected chi connectivity index (χ4v) is 3.20. The molecule has 3 N–H and O–H groups in total. The zero-order valence-corrected chi connectivity index (χ0v) is 14.3.